The molecule has 1 aliphatic heterocycles. The zero-order valence-corrected chi connectivity index (χ0v) is 9.90. The molecule has 3 rings (SSSR count). The molecule has 0 amide bonds. The van der Waals surface area contributed by atoms with Gasteiger partial charge in [-0.3, -0.25) is 4.98 Å². The molecule has 2 aromatic rings. The predicted octanol–water partition coefficient (Wildman–Crippen LogP) is 1.54. The number of hydrogen-bond donors (Lipinski definition) is 1. The van der Waals surface area contributed by atoms with Gasteiger partial charge in [0.25, 0.3) is 0 Å². The minimum atomic E-state index is -0.468. The van der Waals surface area contributed by atoms with Crippen LogP contribution in [0.15, 0.2) is 18.3 Å². The van der Waals surface area contributed by atoms with Crippen LogP contribution in [0.5, 0.6) is 5.75 Å². The van der Waals surface area contributed by atoms with E-state index < -0.39 is 5.97 Å². The Morgan fingerprint density at radius 3 is 3.11 bits per heavy atom. The molecule has 0 aliphatic carbocycles. The van der Waals surface area contributed by atoms with E-state index >= 15 is 0 Å². The Kier molecular flexibility index (Phi) is 2.33. The summed E-state index contributed by atoms with van der Waals surface area (Å²) in [6.07, 6.45) is 2.45. The lowest BCUT2D eigenvalue weighted by Gasteiger charge is -2.09. The van der Waals surface area contributed by atoms with Gasteiger partial charge in [-0.1, -0.05) is 6.07 Å². The van der Waals surface area contributed by atoms with Crippen molar-refractivity contribution >= 4 is 22.6 Å². The van der Waals surface area contributed by atoms with Crippen LogP contribution in [-0.2, 0) is 11.2 Å². The van der Waals surface area contributed by atoms with Gasteiger partial charge in [-0.05, 0) is 6.07 Å². The van der Waals surface area contributed by atoms with Crippen molar-refractivity contribution in [2.24, 2.45) is 0 Å². The molecule has 18 heavy (non-hydrogen) atoms. The molecule has 92 valence electrons. The summed E-state index contributed by atoms with van der Waals surface area (Å²) in [5.74, 6) is 0.313. The maximum Gasteiger partial charge on any atom is 0.342 e. The van der Waals surface area contributed by atoms with Crippen LogP contribution in [-0.4, -0.2) is 24.7 Å². The van der Waals surface area contributed by atoms with Crippen LogP contribution in [0, 0.1) is 0 Å². The van der Waals surface area contributed by atoms with Crippen molar-refractivity contribution in [1.29, 1.82) is 0 Å². The number of aromatic nitrogens is 1. The minimum Gasteiger partial charge on any atom is -0.491 e. The number of nitrogens with two attached hydrogens (primary N) is 1. The van der Waals surface area contributed by atoms with Gasteiger partial charge in [0.15, 0.2) is 0 Å². The molecule has 0 spiro atoms. The van der Waals surface area contributed by atoms with Crippen molar-refractivity contribution in [2.75, 3.05) is 19.5 Å². The summed E-state index contributed by atoms with van der Waals surface area (Å²) >= 11 is 0. The number of methoxy groups -OCH3 is 1. The van der Waals surface area contributed by atoms with E-state index in [2.05, 4.69) is 4.98 Å². The third-order valence-electron chi connectivity index (χ3n) is 3.14. The van der Waals surface area contributed by atoms with Crippen LogP contribution >= 0.6 is 0 Å². The number of pyridine rings is 1. The Bertz CT molecular complexity index is 652. The van der Waals surface area contributed by atoms with Crippen LogP contribution in [0.25, 0.3) is 10.9 Å². The molecule has 1 aromatic carbocycles. The van der Waals surface area contributed by atoms with E-state index in [1.807, 2.05) is 6.07 Å². The zero-order valence-electron chi connectivity index (χ0n) is 9.90. The zero-order chi connectivity index (χ0) is 12.7. The third-order valence-corrected chi connectivity index (χ3v) is 3.14. The van der Waals surface area contributed by atoms with Gasteiger partial charge in [0.2, 0.25) is 0 Å². The first-order valence-electron chi connectivity index (χ1n) is 5.63. The fourth-order valence-electron chi connectivity index (χ4n) is 2.28. The molecule has 0 saturated heterocycles. The van der Waals surface area contributed by atoms with Crippen molar-refractivity contribution in [3.63, 3.8) is 0 Å². The lowest BCUT2D eigenvalue weighted by atomic mass is 10.0. The largest absolute Gasteiger partial charge is 0.491 e. The SMILES string of the molecule is COC(=O)c1c(N)ccc2c3c(cnc12)OCC3. The van der Waals surface area contributed by atoms with Crippen molar-refractivity contribution in [3.8, 4) is 5.75 Å². The van der Waals surface area contributed by atoms with Gasteiger partial charge in [0.1, 0.15) is 11.3 Å². The van der Waals surface area contributed by atoms with Crippen LogP contribution in [0.2, 0.25) is 0 Å². The van der Waals surface area contributed by atoms with Crippen molar-refractivity contribution in [3.05, 3.63) is 29.5 Å². The maximum absolute atomic E-state index is 11.8. The molecule has 1 aliphatic rings. The van der Waals surface area contributed by atoms with Gasteiger partial charge >= 0.3 is 5.97 Å². The Morgan fingerprint density at radius 1 is 1.50 bits per heavy atom. The van der Waals surface area contributed by atoms with E-state index in [9.17, 15) is 4.79 Å². The fourth-order valence-corrected chi connectivity index (χ4v) is 2.28. The summed E-state index contributed by atoms with van der Waals surface area (Å²) in [5, 5.41) is 0.902. The number of nitrogens with zero attached hydrogens (tertiary/aromatic N) is 1. The molecule has 0 fully saturated rings. The number of rotatable bonds is 1. The lowest BCUT2D eigenvalue weighted by Crippen LogP contribution is -2.07. The second kappa shape index (κ2) is 3.87. The molecule has 0 bridgehead atoms. The number of hydrogen-bond acceptors (Lipinski definition) is 5. The first kappa shape index (κ1) is 10.8. The lowest BCUT2D eigenvalue weighted by molar-refractivity contribution is 0.0604. The molecular formula is C13H12N2O3. The normalized spacial score (nSPS) is 13.2. The average molecular weight is 244 g/mol. The highest BCUT2D eigenvalue weighted by Gasteiger charge is 2.21. The van der Waals surface area contributed by atoms with Crippen molar-refractivity contribution in [2.45, 2.75) is 6.42 Å². The van der Waals surface area contributed by atoms with Gasteiger partial charge in [-0.15, -0.1) is 0 Å². The van der Waals surface area contributed by atoms with Crippen molar-refractivity contribution in [1.82, 2.24) is 4.98 Å². The Labute approximate surface area is 104 Å². The molecule has 0 unspecified atom stereocenters. The molecular weight excluding hydrogens is 232 g/mol. The number of benzene rings is 1. The number of esters is 1. The summed E-state index contributed by atoms with van der Waals surface area (Å²) in [6, 6.07) is 3.58. The van der Waals surface area contributed by atoms with Gasteiger partial charge in [-0.25, -0.2) is 4.79 Å². The molecule has 5 heteroatoms. The number of ether oxygens (including phenoxy) is 2. The summed E-state index contributed by atoms with van der Waals surface area (Å²) in [7, 11) is 1.33. The number of fused-ring (bicyclic) bond motifs is 3. The number of anilines is 1. The highest BCUT2D eigenvalue weighted by atomic mass is 16.5. The smallest absolute Gasteiger partial charge is 0.342 e. The highest BCUT2D eigenvalue weighted by molar-refractivity contribution is 6.08. The molecule has 0 radical (unpaired) electrons. The molecule has 0 saturated carbocycles. The quantitative estimate of drug-likeness (QED) is 0.608. The van der Waals surface area contributed by atoms with E-state index in [0.717, 1.165) is 23.1 Å². The fraction of sp³-hybridized carbons (Fsp3) is 0.231. The monoisotopic (exact) mass is 244 g/mol. The molecule has 0 atom stereocenters. The molecule has 2 heterocycles. The van der Waals surface area contributed by atoms with Crippen LogP contribution < -0.4 is 10.5 Å². The van der Waals surface area contributed by atoms with Gasteiger partial charge in [0, 0.05) is 23.1 Å². The number of nitrogen functional groups attached to an aromatic ring is 1. The first-order valence-corrected chi connectivity index (χ1v) is 5.63. The summed E-state index contributed by atoms with van der Waals surface area (Å²) < 4.78 is 10.2. The van der Waals surface area contributed by atoms with E-state index in [-0.39, 0.29) is 0 Å². The van der Waals surface area contributed by atoms with Crippen LogP contribution in [0.3, 0.4) is 0 Å². The van der Waals surface area contributed by atoms with E-state index in [1.54, 1.807) is 12.3 Å². The average Bonchev–Trinajstić information content (AvgIpc) is 2.86. The van der Waals surface area contributed by atoms with E-state index in [1.165, 1.54) is 7.11 Å². The standard InChI is InChI=1S/C13H12N2O3/c1-17-13(16)11-9(14)3-2-8-7-4-5-18-10(7)6-15-12(8)11/h2-3,6H,4-5,14H2,1H3. The molecule has 1 aromatic heterocycles. The number of carbonyl (C=O) groups excluding carboxylic acids is 1. The van der Waals surface area contributed by atoms with Crippen LogP contribution in [0.1, 0.15) is 15.9 Å². The first-order chi connectivity index (χ1) is 8.72. The van der Waals surface area contributed by atoms with Gasteiger partial charge in [0.05, 0.1) is 25.4 Å². The Morgan fingerprint density at radius 2 is 2.33 bits per heavy atom. The molecule has 2 N–H and O–H groups in total. The van der Waals surface area contributed by atoms with Gasteiger partial charge < -0.3 is 15.2 Å². The van der Waals surface area contributed by atoms with Gasteiger partial charge in [-0.2, -0.15) is 0 Å². The van der Waals surface area contributed by atoms with E-state index in [0.29, 0.717) is 23.4 Å². The summed E-state index contributed by atoms with van der Waals surface area (Å²) in [4.78, 5) is 16.1. The topological polar surface area (TPSA) is 74.4 Å². The predicted molar refractivity (Wildman–Crippen MR) is 66.7 cm³/mol. The van der Waals surface area contributed by atoms with Crippen molar-refractivity contribution < 1.29 is 14.3 Å². The summed E-state index contributed by atoms with van der Waals surface area (Å²) in [6.45, 7) is 0.647. The minimum absolute atomic E-state index is 0.324. The Balaban J connectivity index is 2.36. The highest BCUT2D eigenvalue weighted by Crippen LogP contribution is 2.34. The Hall–Kier alpha value is -2.30. The third kappa shape index (κ3) is 1.40. The number of carbonyl (C=O) groups is 1. The second-order valence-electron chi connectivity index (χ2n) is 4.12. The second-order valence-corrected chi connectivity index (χ2v) is 4.12. The van der Waals surface area contributed by atoms with E-state index in [4.69, 9.17) is 15.2 Å². The van der Waals surface area contributed by atoms with Crippen LogP contribution in [0.4, 0.5) is 5.69 Å². The maximum atomic E-state index is 11.8. The summed E-state index contributed by atoms with van der Waals surface area (Å²) in [5.41, 5.74) is 8.19. The molecule has 5 nitrogen and oxygen atoms in total.